The lowest BCUT2D eigenvalue weighted by Crippen LogP contribution is -2.09. The van der Waals surface area contributed by atoms with E-state index in [1.165, 1.54) is 6.07 Å². The van der Waals surface area contributed by atoms with Crippen LogP contribution < -0.4 is 4.90 Å². The summed E-state index contributed by atoms with van der Waals surface area (Å²) in [7, 11) is 3.65. The SMILES string of the molecule is CN(C)c1noc2ccc(C(=O)O)cc12. The fourth-order valence-electron chi connectivity index (χ4n) is 1.38. The van der Waals surface area contributed by atoms with Crippen molar-refractivity contribution in [1.29, 1.82) is 0 Å². The Morgan fingerprint density at radius 1 is 1.47 bits per heavy atom. The lowest BCUT2D eigenvalue weighted by Gasteiger charge is -2.06. The van der Waals surface area contributed by atoms with Crippen LogP contribution in [0.4, 0.5) is 5.82 Å². The highest BCUT2D eigenvalue weighted by molar-refractivity contribution is 5.96. The highest BCUT2D eigenvalue weighted by Gasteiger charge is 2.12. The number of nitrogens with zero attached hydrogens (tertiary/aromatic N) is 2. The summed E-state index contributed by atoms with van der Waals surface area (Å²) < 4.78 is 5.06. The van der Waals surface area contributed by atoms with Crippen LogP contribution in [-0.4, -0.2) is 30.3 Å². The summed E-state index contributed by atoms with van der Waals surface area (Å²) in [4.78, 5) is 12.6. The molecule has 0 atom stereocenters. The summed E-state index contributed by atoms with van der Waals surface area (Å²) >= 11 is 0. The molecule has 0 unspecified atom stereocenters. The molecule has 15 heavy (non-hydrogen) atoms. The van der Waals surface area contributed by atoms with Gasteiger partial charge >= 0.3 is 5.97 Å². The normalized spacial score (nSPS) is 10.5. The molecule has 1 N–H and O–H groups in total. The van der Waals surface area contributed by atoms with Crippen LogP contribution in [0.2, 0.25) is 0 Å². The minimum Gasteiger partial charge on any atom is -0.478 e. The number of carboxylic acids is 1. The van der Waals surface area contributed by atoms with E-state index in [2.05, 4.69) is 5.16 Å². The third-order valence-electron chi connectivity index (χ3n) is 2.12. The van der Waals surface area contributed by atoms with Crippen LogP contribution in [0.5, 0.6) is 0 Å². The monoisotopic (exact) mass is 206 g/mol. The highest BCUT2D eigenvalue weighted by Crippen LogP contribution is 2.25. The average molecular weight is 206 g/mol. The van der Waals surface area contributed by atoms with Gasteiger partial charge in [-0.25, -0.2) is 4.79 Å². The molecular weight excluding hydrogens is 196 g/mol. The number of aromatic carboxylic acids is 1. The zero-order valence-electron chi connectivity index (χ0n) is 8.39. The molecule has 2 aromatic rings. The Balaban J connectivity index is 2.66. The molecule has 1 heterocycles. The number of rotatable bonds is 2. The molecule has 0 saturated heterocycles. The second-order valence-electron chi connectivity index (χ2n) is 3.42. The van der Waals surface area contributed by atoms with Gasteiger partial charge in [0.2, 0.25) is 0 Å². The fraction of sp³-hybridized carbons (Fsp3) is 0.200. The van der Waals surface area contributed by atoms with E-state index in [1.54, 1.807) is 17.0 Å². The smallest absolute Gasteiger partial charge is 0.335 e. The molecular formula is C10H10N2O3. The number of hydrogen-bond donors (Lipinski definition) is 1. The molecule has 0 bridgehead atoms. The maximum Gasteiger partial charge on any atom is 0.335 e. The Bertz CT molecular complexity index is 516. The third kappa shape index (κ3) is 1.52. The van der Waals surface area contributed by atoms with Crippen LogP contribution in [-0.2, 0) is 0 Å². The van der Waals surface area contributed by atoms with Crippen molar-refractivity contribution in [2.24, 2.45) is 0 Å². The van der Waals surface area contributed by atoms with Crippen LogP contribution in [0.3, 0.4) is 0 Å². The van der Waals surface area contributed by atoms with Crippen molar-refractivity contribution >= 4 is 22.8 Å². The minimum atomic E-state index is -0.956. The van der Waals surface area contributed by atoms with Crippen LogP contribution >= 0.6 is 0 Å². The van der Waals surface area contributed by atoms with Gasteiger partial charge < -0.3 is 14.5 Å². The Morgan fingerprint density at radius 3 is 2.80 bits per heavy atom. The molecule has 0 fully saturated rings. The first-order valence-corrected chi connectivity index (χ1v) is 4.39. The molecule has 0 aliphatic heterocycles. The first-order chi connectivity index (χ1) is 7.09. The van der Waals surface area contributed by atoms with E-state index < -0.39 is 5.97 Å². The zero-order chi connectivity index (χ0) is 11.0. The first-order valence-electron chi connectivity index (χ1n) is 4.39. The van der Waals surface area contributed by atoms with Crippen molar-refractivity contribution in [2.75, 3.05) is 19.0 Å². The number of benzene rings is 1. The van der Waals surface area contributed by atoms with Crippen LogP contribution in [0, 0.1) is 0 Å². The van der Waals surface area contributed by atoms with Crippen molar-refractivity contribution in [1.82, 2.24) is 5.16 Å². The van der Waals surface area contributed by atoms with Crippen molar-refractivity contribution in [3.8, 4) is 0 Å². The van der Waals surface area contributed by atoms with Gasteiger partial charge in [-0.15, -0.1) is 0 Å². The van der Waals surface area contributed by atoms with Gasteiger partial charge in [0.25, 0.3) is 0 Å². The number of carboxylic acid groups (broad SMARTS) is 1. The largest absolute Gasteiger partial charge is 0.478 e. The van der Waals surface area contributed by atoms with Crippen LogP contribution in [0.15, 0.2) is 22.7 Å². The van der Waals surface area contributed by atoms with Crippen molar-refractivity contribution in [2.45, 2.75) is 0 Å². The second kappa shape index (κ2) is 3.27. The molecule has 1 aromatic heterocycles. The summed E-state index contributed by atoms with van der Waals surface area (Å²) in [6.45, 7) is 0. The van der Waals surface area contributed by atoms with Gasteiger partial charge in [-0.05, 0) is 18.2 Å². The molecule has 2 rings (SSSR count). The van der Waals surface area contributed by atoms with Gasteiger partial charge in [-0.1, -0.05) is 5.16 Å². The standard InChI is InChI=1S/C10H10N2O3/c1-12(2)9-7-5-6(10(13)14)3-4-8(7)15-11-9/h3-5H,1-2H3,(H,13,14). The Hall–Kier alpha value is -2.04. The number of carbonyl (C=O) groups is 1. The predicted octanol–water partition coefficient (Wildman–Crippen LogP) is 1.59. The molecule has 78 valence electrons. The molecule has 0 aliphatic carbocycles. The van der Waals surface area contributed by atoms with Gasteiger partial charge in [0.15, 0.2) is 11.4 Å². The summed E-state index contributed by atoms with van der Waals surface area (Å²) in [6, 6.07) is 4.66. The number of aromatic nitrogens is 1. The van der Waals surface area contributed by atoms with Gasteiger partial charge in [-0.2, -0.15) is 0 Å². The molecule has 0 amide bonds. The number of anilines is 1. The van der Waals surface area contributed by atoms with Gasteiger partial charge in [0, 0.05) is 14.1 Å². The Kier molecular flexibility index (Phi) is 2.07. The lowest BCUT2D eigenvalue weighted by atomic mass is 10.1. The van der Waals surface area contributed by atoms with E-state index in [0.29, 0.717) is 16.8 Å². The van der Waals surface area contributed by atoms with Gasteiger partial charge in [0.05, 0.1) is 10.9 Å². The first kappa shape index (κ1) is 9.51. The quantitative estimate of drug-likeness (QED) is 0.808. The van der Waals surface area contributed by atoms with Crippen molar-refractivity contribution in [3.05, 3.63) is 23.8 Å². The van der Waals surface area contributed by atoms with Gasteiger partial charge in [-0.3, -0.25) is 0 Å². The van der Waals surface area contributed by atoms with Crippen molar-refractivity contribution < 1.29 is 14.4 Å². The molecule has 5 nitrogen and oxygen atoms in total. The van der Waals surface area contributed by atoms with E-state index in [4.69, 9.17) is 9.63 Å². The molecule has 1 aromatic carbocycles. The molecule has 0 spiro atoms. The summed E-state index contributed by atoms with van der Waals surface area (Å²) in [5, 5.41) is 13.4. The average Bonchev–Trinajstić information content (AvgIpc) is 2.59. The Labute approximate surface area is 85.9 Å². The topological polar surface area (TPSA) is 66.6 Å². The maximum atomic E-state index is 10.8. The minimum absolute atomic E-state index is 0.230. The second-order valence-corrected chi connectivity index (χ2v) is 3.42. The lowest BCUT2D eigenvalue weighted by molar-refractivity contribution is 0.0697. The zero-order valence-corrected chi connectivity index (χ0v) is 8.39. The molecule has 5 heteroatoms. The maximum absolute atomic E-state index is 10.8. The van der Waals surface area contributed by atoms with Gasteiger partial charge in [0.1, 0.15) is 0 Å². The van der Waals surface area contributed by atoms with E-state index in [1.807, 2.05) is 14.1 Å². The fourth-order valence-corrected chi connectivity index (χ4v) is 1.38. The van der Waals surface area contributed by atoms with E-state index in [-0.39, 0.29) is 5.56 Å². The van der Waals surface area contributed by atoms with Crippen molar-refractivity contribution in [3.63, 3.8) is 0 Å². The third-order valence-corrected chi connectivity index (χ3v) is 2.12. The highest BCUT2D eigenvalue weighted by atomic mass is 16.5. The Morgan fingerprint density at radius 2 is 2.20 bits per heavy atom. The predicted molar refractivity (Wildman–Crippen MR) is 55.3 cm³/mol. The van der Waals surface area contributed by atoms with E-state index in [0.717, 1.165) is 0 Å². The summed E-state index contributed by atoms with van der Waals surface area (Å²) in [5.74, 6) is -0.323. The van der Waals surface area contributed by atoms with E-state index >= 15 is 0 Å². The van der Waals surface area contributed by atoms with E-state index in [9.17, 15) is 4.79 Å². The summed E-state index contributed by atoms with van der Waals surface area (Å²) in [5.41, 5.74) is 0.817. The number of hydrogen-bond acceptors (Lipinski definition) is 4. The number of fused-ring (bicyclic) bond motifs is 1. The molecule has 0 aliphatic rings. The summed E-state index contributed by atoms with van der Waals surface area (Å²) in [6.07, 6.45) is 0. The molecule has 0 radical (unpaired) electrons. The van der Waals surface area contributed by atoms with Crippen LogP contribution in [0.25, 0.3) is 11.0 Å². The molecule has 0 saturated carbocycles. The van der Waals surface area contributed by atoms with Crippen LogP contribution in [0.1, 0.15) is 10.4 Å².